The molecule has 3 rings (SSSR count). The average molecular weight is 409 g/mol. The number of hydrogen-bond donors (Lipinski definition) is 0. The number of rotatable bonds is 6. The lowest BCUT2D eigenvalue weighted by Gasteiger charge is -2.42. The maximum absolute atomic E-state index is 13.3. The van der Waals surface area contributed by atoms with Crippen molar-refractivity contribution in [2.75, 3.05) is 6.61 Å². The van der Waals surface area contributed by atoms with Crippen LogP contribution in [0.4, 0.5) is 4.39 Å². The monoisotopic (exact) mass is 408 g/mol. The van der Waals surface area contributed by atoms with Gasteiger partial charge >= 0.3 is 5.97 Å². The highest BCUT2D eigenvalue weighted by atomic mass is 19.1. The van der Waals surface area contributed by atoms with Crippen molar-refractivity contribution in [1.29, 1.82) is 0 Å². The number of esters is 1. The fraction of sp³-hybridized carbons (Fsp3) is 0.444. The summed E-state index contributed by atoms with van der Waals surface area (Å²) in [6.07, 6.45) is 5.87. The van der Waals surface area contributed by atoms with E-state index >= 15 is 0 Å². The predicted octanol–water partition coefficient (Wildman–Crippen LogP) is 6.75. The van der Waals surface area contributed by atoms with Crippen LogP contribution in [-0.4, -0.2) is 12.6 Å². The Bertz CT molecular complexity index is 936. The van der Waals surface area contributed by atoms with Crippen molar-refractivity contribution in [3.63, 3.8) is 0 Å². The summed E-state index contributed by atoms with van der Waals surface area (Å²) in [4.78, 5) is 12.4. The summed E-state index contributed by atoms with van der Waals surface area (Å²) in [5.74, 6) is -0.681. The third kappa shape index (κ3) is 4.83. The Balaban J connectivity index is 1.83. The lowest BCUT2D eigenvalue weighted by atomic mass is 9.63. The third-order valence-electron chi connectivity index (χ3n) is 6.35. The van der Waals surface area contributed by atoms with Gasteiger partial charge in [-0.15, -0.1) is 0 Å². The Morgan fingerprint density at radius 3 is 2.27 bits per heavy atom. The van der Waals surface area contributed by atoms with E-state index in [-0.39, 0.29) is 22.6 Å². The third-order valence-corrected chi connectivity index (χ3v) is 6.35. The van der Waals surface area contributed by atoms with Crippen molar-refractivity contribution in [1.82, 2.24) is 0 Å². The van der Waals surface area contributed by atoms with Crippen LogP contribution in [0.5, 0.6) is 0 Å². The maximum atomic E-state index is 13.3. The van der Waals surface area contributed by atoms with Crippen LogP contribution >= 0.6 is 0 Å². The molecule has 0 aromatic heterocycles. The number of ether oxygens (including phenoxy) is 1. The summed E-state index contributed by atoms with van der Waals surface area (Å²) in [5.41, 5.74) is 5.75. The molecule has 0 atom stereocenters. The fourth-order valence-electron chi connectivity index (χ4n) is 4.33. The van der Waals surface area contributed by atoms with Gasteiger partial charge in [-0.2, -0.15) is 0 Å². The van der Waals surface area contributed by atoms with E-state index in [1.54, 1.807) is 19.1 Å². The fourth-order valence-corrected chi connectivity index (χ4v) is 4.33. The van der Waals surface area contributed by atoms with Gasteiger partial charge in [-0.3, -0.25) is 0 Å². The van der Waals surface area contributed by atoms with E-state index in [0.717, 1.165) is 6.42 Å². The first-order valence-electron chi connectivity index (χ1n) is 10.9. The Morgan fingerprint density at radius 1 is 1.00 bits per heavy atom. The molecule has 0 heterocycles. The van der Waals surface area contributed by atoms with Gasteiger partial charge in [-0.1, -0.05) is 64.1 Å². The van der Waals surface area contributed by atoms with Gasteiger partial charge < -0.3 is 4.74 Å². The SMILES string of the molecule is CCOC(=O)/C(=C/CCc1ccc2c(c1)C(C)(C)CCC2(C)C)c1ccc(F)cc1. The van der Waals surface area contributed by atoms with Crippen LogP contribution in [0.2, 0.25) is 0 Å². The van der Waals surface area contributed by atoms with E-state index in [2.05, 4.69) is 45.9 Å². The largest absolute Gasteiger partial charge is 0.462 e. The normalized spacial score (nSPS) is 17.3. The number of hydrogen-bond acceptors (Lipinski definition) is 2. The van der Waals surface area contributed by atoms with Gasteiger partial charge in [0, 0.05) is 0 Å². The maximum Gasteiger partial charge on any atom is 0.338 e. The lowest BCUT2D eigenvalue weighted by Crippen LogP contribution is -2.33. The number of carbonyl (C=O) groups excluding carboxylic acids is 1. The van der Waals surface area contributed by atoms with Gasteiger partial charge in [0.05, 0.1) is 12.2 Å². The molecule has 30 heavy (non-hydrogen) atoms. The number of allylic oxidation sites excluding steroid dienone is 1. The Morgan fingerprint density at radius 2 is 1.63 bits per heavy atom. The first-order chi connectivity index (χ1) is 14.1. The van der Waals surface area contributed by atoms with Crippen molar-refractivity contribution in [3.8, 4) is 0 Å². The molecule has 2 aromatic carbocycles. The minimum absolute atomic E-state index is 0.181. The topological polar surface area (TPSA) is 26.3 Å². The molecule has 0 amide bonds. The van der Waals surface area contributed by atoms with Crippen LogP contribution in [0.15, 0.2) is 48.5 Å². The van der Waals surface area contributed by atoms with Gasteiger partial charge in [-0.05, 0) is 77.8 Å². The second kappa shape index (κ2) is 8.75. The molecule has 0 N–H and O–H groups in total. The van der Waals surface area contributed by atoms with Crippen LogP contribution < -0.4 is 0 Å². The lowest BCUT2D eigenvalue weighted by molar-refractivity contribution is -0.136. The van der Waals surface area contributed by atoms with Crippen molar-refractivity contribution < 1.29 is 13.9 Å². The molecule has 2 aromatic rings. The van der Waals surface area contributed by atoms with E-state index in [0.29, 0.717) is 24.2 Å². The zero-order chi connectivity index (χ0) is 21.9. The van der Waals surface area contributed by atoms with Crippen molar-refractivity contribution in [2.24, 2.45) is 0 Å². The molecule has 0 spiro atoms. The van der Waals surface area contributed by atoms with E-state index < -0.39 is 0 Å². The molecule has 2 nitrogen and oxygen atoms in total. The van der Waals surface area contributed by atoms with E-state index in [1.807, 2.05) is 6.08 Å². The Hall–Kier alpha value is -2.42. The quantitative estimate of drug-likeness (QED) is 0.390. The molecule has 0 saturated heterocycles. The van der Waals surface area contributed by atoms with Crippen molar-refractivity contribution >= 4 is 11.5 Å². The summed E-state index contributed by atoms with van der Waals surface area (Å²) >= 11 is 0. The summed E-state index contributed by atoms with van der Waals surface area (Å²) in [6.45, 7) is 11.4. The summed E-state index contributed by atoms with van der Waals surface area (Å²) < 4.78 is 18.5. The average Bonchev–Trinajstić information content (AvgIpc) is 2.70. The molecule has 0 saturated carbocycles. The van der Waals surface area contributed by atoms with Crippen molar-refractivity contribution in [2.45, 2.75) is 71.1 Å². The molecule has 0 fully saturated rings. The van der Waals surface area contributed by atoms with Crippen molar-refractivity contribution in [3.05, 3.63) is 76.6 Å². The predicted molar refractivity (Wildman–Crippen MR) is 121 cm³/mol. The minimum Gasteiger partial charge on any atom is -0.462 e. The molecule has 0 radical (unpaired) electrons. The van der Waals surface area contributed by atoms with Crippen LogP contribution in [-0.2, 0) is 26.8 Å². The molecule has 0 bridgehead atoms. The van der Waals surface area contributed by atoms with Gasteiger partial charge in [0.25, 0.3) is 0 Å². The number of fused-ring (bicyclic) bond motifs is 1. The van der Waals surface area contributed by atoms with Gasteiger partial charge in [0.2, 0.25) is 0 Å². The van der Waals surface area contributed by atoms with E-state index in [1.165, 1.54) is 41.7 Å². The molecule has 0 unspecified atom stereocenters. The number of aryl methyl sites for hydroxylation is 1. The first kappa shape index (κ1) is 22.3. The van der Waals surface area contributed by atoms with E-state index in [9.17, 15) is 9.18 Å². The second-order valence-corrected chi connectivity index (χ2v) is 9.53. The number of halogens is 1. The number of benzene rings is 2. The Labute approximate surface area is 180 Å². The van der Waals surface area contributed by atoms with Gasteiger partial charge in [0.15, 0.2) is 0 Å². The summed E-state index contributed by atoms with van der Waals surface area (Å²) in [7, 11) is 0. The molecule has 3 heteroatoms. The van der Waals surface area contributed by atoms with Gasteiger partial charge in [-0.25, -0.2) is 9.18 Å². The highest BCUT2D eigenvalue weighted by Crippen LogP contribution is 2.45. The minimum atomic E-state index is -0.363. The van der Waals surface area contributed by atoms with Crippen LogP contribution in [0.25, 0.3) is 5.57 Å². The number of carbonyl (C=O) groups is 1. The Kier molecular flexibility index (Phi) is 6.50. The molecule has 1 aliphatic rings. The molecule has 1 aliphatic carbocycles. The molecular weight excluding hydrogens is 375 g/mol. The standard InChI is InChI=1S/C27H33FO2/c1-6-30-25(29)22(20-11-13-21(28)14-12-20)9-7-8-19-10-15-23-24(18-19)27(4,5)17-16-26(23,2)3/h9-15,18H,6-8,16-17H2,1-5H3/b22-9+. The zero-order valence-electron chi connectivity index (χ0n) is 18.8. The highest BCUT2D eigenvalue weighted by molar-refractivity contribution is 6.16. The summed E-state index contributed by atoms with van der Waals surface area (Å²) in [5, 5.41) is 0. The van der Waals surface area contributed by atoms with E-state index in [4.69, 9.17) is 4.74 Å². The van der Waals surface area contributed by atoms with Crippen LogP contribution in [0.3, 0.4) is 0 Å². The summed E-state index contributed by atoms with van der Waals surface area (Å²) in [6, 6.07) is 12.9. The van der Waals surface area contributed by atoms with Crippen LogP contribution in [0.1, 0.15) is 76.1 Å². The van der Waals surface area contributed by atoms with Crippen LogP contribution in [0, 0.1) is 5.82 Å². The first-order valence-corrected chi connectivity index (χ1v) is 10.9. The zero-order valence-corrected chi connectivity index (χ0v) is 18.8. The molecule has 160 valence electrons. The smallest absolute Gasteiger partial charge is 0.338 e. The molecule has 0 aliphatic heterocycles. The second-order valence-electron chi connectivity index (χ2n) is 9.53. The highest BCUT2D eigenvalue weighted by Gasteiger charge is 2.36. The van der Waals surface area contributed by atoms with Gasteiger partial charge in [0.1, 0.15) is 5.82 Å². The molecular formula is C27H33FO2.